The molecule has 0 aliphatic carbocycles. The van der Waals surface area contributed by atoms with Crippen molar-refractivity contribution in [3.8, 4) is 0 Å². The SMILES string of the molecule is C1CONC2(C1)CCNCC2. The van der Waals surface area contributed by atoms with Crippen LogP contribution in [-0.4, -0.2) is 25.2 Å². The van der Waals surface area contributed by atoms with Gasteiger partial charge in [-0.3, -0.25) is 0 Å². The highest BCUT2D eigenvalue weighted by molar-refractivity contribution is 4.91. The third-order valence-electron chi connectivity index (χ3n) is 2.75. The molecular weight excluding hydrogens is 140 g/mol. The van der Waals surface area contributed by atoms with Crippen LogP contribution in [0.2, 0.25) is 0 Å². The lowest BCUT2D eigenvalue weighted by Crippen LogP contribution is -2.54. The molecule has 0 amide bonds. The highest BCUT2D eigenvalue weighted by Gasteiger charge is 2.33. The van der Waals surface area contributed by atoms with Crippen molar-refractivity contribution in [2.45, 2.75) is 31.2 Å². The van der Waals surface area contributed by atoms with E-state index < -0.39 is 0 Å². The van der Waals surface area contributed by atoms with Gasteiger partial charge in [-0.15, -0.1) is 0 Å². The molecule has 2 N–H and O–H groups in total. The van der Waals surface area contributed by atoms with Crippen LogP contribution < -0.4 is 10.8 Å². The summed E-state index contributed by atoms with van der Waals surface area (Å²) in [5, 5.41) is 3.36. The Bertz CT molecular complexity index is 107. The average Bonchev–Trinajstić information content (AvgIpc) is 2.07. The van der Waals surface area contributed by atoms with Gasteiger partial charge in [0.2, 0.25) is 0 Å². The van der Waals surface area contributed by atoms with Crippen LogP contribution in [0.25, 0.3) is 0 Å². The number of hydroxylamine groups is 1. The van der Waals surface area contributed by atoms with Crippen LogP contribution in [0.1, 0.15) is 25.7 Å². The number of hydrogen-bond acceptors (Lipinski definition) is 3. The van der Waals surface area contributed by atoms with Crippen molar-refractivity contribution in [3.63, 3.8) is 0 Å². The Balaban J connectivity index is 1.94. The van der Waals surface area contributed by atoms with Crippen LogP contribution in [0.4, 0.5) is 0 Å². The largest absolute Gasteiger partial charge is 0.317 e. The Morgan fingerprint density at radius 1 is 1.09 bits per heavy atom. The third-order valence-corrected chi connectivity index (χ3v) is 2.75. The van der Waals surface area contributed by atoms with Gasteiger partial charge in [0.05, 0.1) is 6.61 Å². The normalized spacial score (nSPS) is 30.5. The molecule has 0 aromatic carbocycles. The second-order valence-electron chi connectivity index (χ2n) is 3.58. The molecule has 1 spiro atoms. The maximum atomic E-state index is 5.28. The van der Waals surface area contributed by atoms with Crippen LogP contribution in [0.5, 0.6) is 0 Å². The monoisotopic (exact) mass is 156 g/mol. The van der Waals surface area contributed by atoms with Crippen molar-refractivity contribution < 1.29 is 4.84 Å². The molecule has 2 aliphatic heterocycles. The summed E-state index contributed by atoms with van der Waals surface area (Å²) in [5.74, 6) is 0. The molecule has 2 fully saturated rings. The first kappa shape index (κ1) is 7.53. The molecular formula is C8H16N2O. The molecule has 0 unspecified atom stereocenters. The molecule has 11 heavy (non-hydrogen) atoms. The molecule has 2 aliphatic rings. The standard InChI is InChI=1S/C8H16N2O/c1-2-8(10-11-7-1)3-5-9-6-4-8/h9-10H,1-7H2. The Morgan fingerprint density at radius 3 is 2.55 bits per heavy atom. The van der Waals surface area contributed by atoms with E-state index in [1.165, 1.54) is 25.7 Å². The van der Waals surface area contributed by atoms with Crippen molar-refractivity contribution in [2.24, 2.45) is 0 Å². The van der Waals surface area contributed by atoms with Crippen molar-refractivity contribution in [2.75, 3.05) is 19.7 Å². The molecule has 2 saturated heterocycles. The highest BCUT2D eigenvalue weighted by Crippen LogP contribution is 2.26. The topological polar surface area (TPSA) is 33.3 Å². The van der Waals surface area contributed by atoms with E-state index in [9.17, 15) is 0 Å². The number of hydrogen-bond donors (Lipinski definition) is 2. The van der Waals surface area contributed by atoms with Crippen LogP contribution in [-0.2, 0) is 4.84 Å². The smallest absolute Gasteiger partial charge is 0.0683 e. The molecule has 2 rings (SSSR count). The van der Waals surface area contributed by atoms with Crippen LogP contribution in [0.3, 0.4) is 0 Å². The quantitative estimate of drug-likeness (QED) is 0.533. The summed E-state index contributed by atoms with van der Waals surface area (Å²) in [4.78, 5) is 5.28. The lowest BCUT2D eigenvalue weighted by molar-refractivity contribution is -0.0738. The van der Waals surface area contributed by atoms with Crippen molar-refractivity contribution in [1.82, 2.24) is 10.8 Å². The van der Waals surface area contributed by atoms with Gasteiger partial charge < -0.3 is 10.2 Å². The number of rotatable bonds is 0. The van der Waals surface area contributed by atoms with Gasteiger partial charge in [0.1, 0.15) is 0 Å². The van der Waals surface area contributed by atoms with Gasteiger partial charge in [0.15, 0.2) is 0 Å². The van der Waals surface area contributed by atoms with Gasteiger partial charge in [-0.2, -0.15) is 5.48 Å². The van der Waals surface area contributed by atoms with Crippen LogP contribution in [0.15, 0.2) is 0 Å². The Kier molecular flexibility index (Phi) is 2.11. The molecule has 2 heterocycles. The molecule has 0 bridgehead atoms. The fourth-order valence-electron chi connectivity index (χ4n) is 2.00. The van der Waals surface area contributed by atoms with E-state index in [4.69, 9.17) is 4.84 Å². The minimum Gasteiger partial charge on any atom is -0.317 e. The summed E-state index contributed by atoms with van der Waals surface area (Å²) in [6.45, 7) is 3.15. The highest BCUT2D eigenvalue weighted by atomic mass is 16.6. The molecule has 0 atom stereocenters. The average molecular weight is 156 g/mol. The summed E-state index contributed by atoms with van der Waals surface area (Å²) in [6.07, 6.45) is 4.93. The molecule has 0 aromatic rings. The first-order valence-electron chi connectivity index (χ1n) is 4.51. The lowest BCUT2D eigenvalue weighted by Gasteiger charge is -2.40. The zero-order valence-corrected chi connectivity index (χ0v) is 6.86. The second kappa shape index (κ2) is 3.09. The maximum Gasteiger partial charge on any atom is 0.0683 e. The van der Waals surface area contributed by atoms with Gasteiger partial charge in [-0.1, -0.05) is 0 Å². The fraction of sp³-hybridized carbons (Fsp3) is 1.00. The predicted octanol–water partition coefficient (Wildman–Crippen LogP) is 0.424. The molecule has 0 saturated carbocycles. The Labute approximate surface area is 67.4 Å². The van der Waals surface area contributed by atoms with Gasteiger partial charge in [-0.05, 0) is 38.8 Å². The maximum absolute atomic E-state index is 5.28. The van der Waals surface area contributed by atoms with E-state index in [2.05, 4.69) is 10.8 Å². The summed E-state index contributed by atoms with van der Waals surface area (Å²) < 4.78 is 0. The van der Waals surface area contributed by atoms with Crippen molar-refractivity contribution in [3.05, 3.63) is 0 Å². The molecule has 0 aromatic heterocycles. The lowest BCUT2D eigenvalue weighted by atomic mass is 9.84. The predicted molar refractivity (Wildman–Crippen MR) is 43.2 cm³/mol. The summed E-state index contributed by atoms with van der Waals surface area (Å²) in [7, 11) is 0. The van der Waals surface area contributed by atoms with Crippen LogP contribution in [0, 0.1) is 0 Å². The molecule has 64 valence electrons. The van der Waals surface area contributed by atoms with Gasteiger partial charge >= 0.3 is 0 Å². The van der Waals surface area contributed by atoms with E-state index in [0.717, 1.165) is 19.7 Å². The minimum atomic E-state index is 0.323. The van der Waals surface area contributed by atoms with Gasteiger partial charge in [0, 0.05) is 5.54 Å². The van der Waals surface area contributed by atoms with E-state index in [-0.39, 0.29) is 0 Å². The van der Waals surface area contributed by atoms with E-state index >= 15 is 0 Å². The number of nitrogens with one attached hydrogen (secondary N) is 2. The summed E-state index contributed by atoms with van der Waals surface area (Å²) in [6, 6.07) is 0. The van der Waals surface area contributed by atoms with Gasteiger partial charge in [0.25, 0.3) is 0 Å². The first-order valence-corrected chi connectivity index (χ1v) is 4.51. The zero-order valence-electron chi connectivity index (χ0n) is 6.86. The van der Waals surface area contributed by atoms with E-state index in [0.29, 0.717) is 5.54 Å². The zero-order chi connectivity index (χ0) is 7.57. The first-order chi connectivity index (χ1) is 5.41. The fourth-order valence-corrected chi connectivity index (χ4v) is 2.00. The van der Waals surface area contributed by atoms with Crippen molar-refractivity contribution in [1.29, 1.82) is 0 Å². The van der Waals surface area contributed by atoms with E-state index in [1.54, 1.807) is 0 Å². The molecule has 0 radical (unpaired) electrons. The Hall–Kier alpha value is -0.120. The summed E-state index contributed by atoms with van der Waals surface area (Å²) in [5.41, 5.74) is 3.52. The Morgan fingerprint density at radius 2 is 1.91 bits per heavy atom. The molecule has 3 nitrogen and oxygen atoms in total. The van der Waals surface area contributed by atoms with Crippen molar-refractivity contribution >= 4 is 0 Å². The van der Waals surface area contributed by atoms with E-state index in [1.807, 2.05) is 0 Å². The van der Waals surface area contributed by atoms with Crippen LogP contribution >= 0.6 is 0 Å². The molecule has 3 heteroatoms. The second-order valence-corrected chi connectivity index (χ2v) is 3.58. The third kappa shape index (κ3) is 1.55. The summed E-state index contributed by atoms with van der Waals surface area (Å²) >= 11 is 0. The number of piperidine rings is 1. The van der Waals surface area contributed by atoms with Gasteiger partial charge in [-0.25, -0.2) is 0 Å². The minimum absolute atomic E-state index is 0.323.